The van der Waals surface area contributed by atoms with Crippen molar-refractivity contribution in [2.45, 2.75) is 13.8 Å². The summed E-state index contributed by atoms with van der Waals surface area (Å²) < 4.78 is 14.4. The molecule has 0 saturated carbocycles. The van der Waals surface area contributed by atoms with Gasteiger partial charge in [0.25, 0.3) is 0 Å². The van der Waals surface area contributed by atoms with E-state index in [2.05, 4.69) is 25.9 Å². The average Bonchev–Trinajstić information content (AvgIpc) is 2.27. The Bertz CT molecular complexity index is 584. The molecule has 88 valence electrons. The van der Waals surface area contributed by atoms with Crippen molar-refractivity contribution in [3.05, 3.63) is 39.9 Å². The van der Waals surface area contributed by atoms with Crippen LogP contribution in [-0.4, -0.2) is 9.97 Å². The molecule has 3 nitrogen and oxygen atoms in total. The van der Waals surface area contributed by atoms with Crippen LogP contribution in [0.15, 0.2) is 22.7 Å². The van der Waals surface area contributed by atoms with Crippen LogP contribution in [-0.2, 0) is 0 Å². The van der Waals surface area contributed by atoms with E-state index in [0.29, 0.717) is 32.9 Å². The molecule has 1 aromatic carbocycles. The lowest BCUT2D eigenvalue weighted by Gasteiger charge is -2.09. The topological polar surface area (TPSA) is 51.8 Å². The van der Waals surface area contributed by atoms with E-state index in [1.54, 1.807) is 32.0 Å². The van der Waals surface area contributed by atoms with Gasteiger partial charge in [-0.25, -0.2) is 14.4 Å². The van der Waals surface area contributed by atoms with Gasteiger partial charge in [-0.3, -0.25) is 0 Å². The van der Waals surface area contributed by atoms with Crippen molar-refractivity contribution in [1.29, 1.82) is 0 Å². The number of aryl methyl sites for hydroxylation is 1. The zero-order valence-electron chi connectivity index (χ0n) is 9.46. The zero-order chi connectivity index (χ0) is 12.6. The van der Waals surface area contributed by atoms with E-state index in [1.165, 1.54) is 0 Å². The molecule has 0 aliphatic carbocycles. The van der Waals surface area contributed by atoms with Crippen LogP contribution in [0.3, 0.4) is 0 Å². The Morgan fingerprint density at radius 1 is 1.24 bits per heavy atom. The summed E-state index contributed by atoms with van der Waals surface area (Å²) in [4.78, 5) is 8.30. The highest BCUT2D eigenvalue weighted by Gasteiger charge is 2.14. The Hall–Kier alpha value is -1.49. The lowest BCUT2D eigenvalue weighted by atomic mass is 10.1. The lowest BCUT2D eigenvalue weighted by molar-refractivity contribution is 0.624. The summed E-state index contributed by atoms with van der Waals surface area (Å²) >= 11 is 3.16. The predicted molar refractivity (Wildman–Crippen MR) is 69.0 cm³/mol. The van der Waals surface area contributed by atoms with Gasteiger partial charge in [-0.2, -0.15) is 0 Å². The smallest absolute Gasteiger partial charge is 0.146 e. The van der Waals surface area contributed by atoms with Crippen molar-refractivity contribution in [3.63, 3.8) is 0 Å². The second-order valence-corrected chi connectivity index (χ2v) is 4.59. The van der Waals surface area contributed by atoms with E-state index >= 15 is 0 Å². The Kier molecular flexibility index (Phi) is 3.11. The molecule has 0 amide bonds. The fourth-order valence-corrected chi connectivity index (χ4v) is 1.97. The maximum atomic E-state index is 14.0. The van der Waals surface area contributed by atoms with E-state index in [9.17, 15) is 4.39 Å². The van der Waals surface area contributed by atoms with Gasteiger partial charge in [-0.05, 0) is 41.9 Å². The summed E-state index contributed by atoms with van der Waals surface area (Å²) in [6.07, 6.45) is 0. The molecular weight excluding hydrogens is 285 g/mol. The quantitative estimate of drug-likeness (QED) is 0.879. The number of aromatic nitrogens is 2. The molecule has 1 aromatic heterocycles. The minimum atomic E-state index is -0.340. The highest BCUT2D eigenvalue weighted by Crippen LogP contribution is 2.30. The van der Waals surface area contributed by atoms with Gasteiger partial charge in [0, 0.05) is 11.1 Å². The van der Waals surface area contributed by atoms with E-state index in [1.807, 2.05) is 0 Å². The molecule has 2 aromatic rings. The number of halogens is 2. The second-order valence-electron chi connectivity index (χ2n) is 3.73. The number of rotatable bonds is 1. The lowest BCUT2D eigenvalue weighted by Crippen LogP contribution is -2.03. The third-order valence-electron chi connectivity index (χ3n) is 2.50. The van der Waals surface area contributed by atoms with Crippen molar-refractivity contribution < 1.29 is 4.39 Å². The molecule has 0 aliphatic rings. The van der Waals surface area contributed by atoms with Gasteiger partial charge >= 0.3 is 0 Å². The van der Waals surface area contributed by atoms with Crippen molar-refractivity contribution >= 4 is 21.7 Å². The molecule has 0 unspecified atom stereocenters. The standard InChI is InChI=1S/C12H11BrFN3/c1-6-11(16-7(2)17-12(6)15)8-4-3-5-9(13)10(8)14/h3-5H,1-2H3,(H2,15,16,17). The predicted octanol–water partition coefficient (Wildman–Crippen LogP) is 3.24. The number of hydrogen-bond donors (Lipinski definition) is 1. The van der Waals surface area contributed by atoms with Crippen LogP contribution >= 0.6 is 15.9 Å². The van der Waals surface area contributed by atoms with Crippen LogP contribution in [0.5, 0.6) is 0 Å². The highest BCUT2D eigenvalue weighted by atomic mass is 79.9. The summed E-state index contributed by atoms with van der Waals surface area (Å²) in [6, 6.07) is 5.08. The minimum absolute atomic E-state index is 0.340. The molecule has 5 heteroatoms. The van der Waals surface area contributed by atoms with Crippen molar-refractivity contribution in [1.82, 2.24) is 9.97 Å². The number of nitrogens with zero attached hydrogens (tertiary/aromatic N) is 2. The largest absolute Gasteiger partial charge is 0.383 e. The first-order valence-corrected chi connectivity index (χ1v) is 5.85. The van der Waals surface area contributed by atoms with E-state index in [-0.39, 0.29) is 5.82 Å². The van der Waals surface area contributed by atoms with Gasteiger partial charge < -0.3 is 5.73 Å². The van der Waals surface area contributed by atoms with Crippen LogP contribution in [0.2, 0.25) is 0 Å². The van der Waals surface area contributed by atoms with Crippen LogP contribution < -0.4 is 5.73 Å². The monoisotopic (exact) mass is 295 g/mol. The maximum Gasteiger partial charge on any atom is 0.146 e. The number of nitrogens with two attached hydrogens (primary N) is 1. The molecular formula is C12H11BrFN3. The fraction of sp³-hybridized carbons (Fsp3) is 0.167. The molecule has 0 spiro atoms. The fourth-order valence-electron chi connectivity index (χ4n) is 1.60. The molecule has 17 heavy (non-hydrogen) atoms. The third-order valence-corrected chi connectivity index (χ3v) is 3.11. The normalized spacial score (nSPS) is 10.6. The van der Waals surface area contributed by atoms with Crippen molar-refractivity contribution in [3.8, 4) is 11.3 Å². The molecule has 0 fully saturated rings. The van der Waals surface area contributed by atoms with Crippen molar-refractivity contribution in [2.24, 2.45) is 0 Å². The first kappa shape index (κ1) is 12.0. The molecule has 0 saturated heterocycles. The number of hydrogen-bond acceptors (Lipinski definition) is 3. The summed E-state index contributed by atoms with van der Waals surface area (Å²) in [6.45, 7) is 3.51. The molecule has 0 bridgehead atoms. The maximum absolute atomic E-state index is 14.0. The van der Waals surface area contributed by atoms with Gasteiger partial charge in [0.15, 0.2) is 0 Å². The summed E-state index contributed by atoms with van der Waals surface area (Å²) in [7, 11) is 0. The summed E-state index contributed by atoms with van der Waals surface area (Å²) in [5.41, 5.74) is 7.41. The van der Waals surface area contributed by atoms with Crippen LogP contribution in [0.1, 0.15) is 11.4 Å². The van der Waals surface area contributed by atoms with E-state index < -0.39 is 0 Å². The first-order chi connectivity index (χ1) is 8.00. The van der Waals surface area contributed by atoms with Gasteiger partial charge in [0.2, 0.25) is 0 Å². The number of benzene rings is 1. The first-order valence-electron chi connectivity index (χ1n) is 5.06. The minimum Gasteiger partial charge on any atom is -0.383 e. The summed E-state index contributed by atoms with van der Waals surface area (Å²) in [5.74, 6) is 0.572. The van der Waals surface area contributed by atoms with E-state index in [0.717, 1.165) is 0 Å². The SMILES string of the molecule is Cc1nc(N)c(C)c(-c2cccc(Br)c2F)n1. The van der Waals surface area contributed by atoms with Crippen molar-refractivity contribution in [2.75, 3.05) is 5.73 Å². The van der Waals surface area contributed by atoms with Gasteiger partial charge in [-0.1, -0.05) is 6.07 Å². The van der Waals surface area contributed by atoms with Crippen LogP contribution in [0, 0.1) is 19.7 Å². The Morgan fingerprint density at radius 3 is 2.65 bits per heavy atom. The van der Waals surface area contributed by atoms with E-state index in [4.69, 9.17) is 5.73 Å². The Morgan fingerprint density at radius 2 is 1.94 bits per heavy atom. The molecule has 2 rings (SSSR count). The molecule has 0 radical (unpaired) electrons. The van der Waals surface area contributed by atoms with Crippen LogP contribution in [0.4, 0.5) is 10.2 Å². The Balaban J connectivity index is 2.73. The average molecular weight is 296 g/mol. The highest BCUT2D eigenvalue weighted by molar-refractivity contribution is 9.10. The van der Waals surface area contributed by atoms with Gasteiger partial charge in [0.05, 0.1) is 10.2 Å². The summed E-state index contributed by atoms with van der Waals surface area (Å²) in [5, 5.41) is 0. The second kappa shape index (κ2) is 4.41. The number of anilines is 1. The molecule has 1 heterocycles. The van der Waals surface area contributed by atoms with Gasteiger partial charge in [-0.15, -0.1) is 0 Å². The molecule has 0 atom stereocenters. The zero-order valence-corrected chi connectivity index (χ0v) is 11.0. The number of nitrogen functional groups attached to an aromatic ring is 1. The van der Waals surface area contributed by atoms with Gasteiger partial charge in [0.1, 0.15) is 17.5 Å². The third kappa shape index (κ3) is 2.15. The van der Waals surface area contributed by atoms with Crippen LogP contribution in [0.25, 0.3) is 11.3 Å². The molecule has 0 aliphatic heterocycles. The molecule has 2 N–H and O–H groups in total. The Labute approximate surface area is 107 Å².